The lowest BCUT2D eigenvalue weighted by Gasteiger charge is -2.23. The van der Waals surface area contributed by atoms with E-state index in [2.05, 4.69) is 5.32 Å². The number of piperidine rings is 1. The highest BCUT2D eigenvalue weighted by Crippen LogP contribution is 2.13. The number of hydrogen-bond donors (Lipinski definition) is 1. The number of hydrogen-bond acceptors (Lipinski definition) is 3. The summed E-state index contributed by atoms with van der Waals surface area (Å²) in [6, 6.07) is 0.697. The van der Waals surface area contributed by atoms with Crippen LogP contribution in [0.25, 0.3) is 0 Å². The van der Waals surface area contributed by atoms with Gasteiger partial charge in [-0.3, -0.25) is 0 Å². The van der Waals surface area contributed by atoms with Gasteiger partial charge in [0.25, 0.3) is 0 Å². The summed E-state index contributed by atoms with van der Waals surface area (Å²) in [5, 5.41) is 3.54. The van der Waals surface area contributed by atoms with Crippen LogP contribution in [-0.2, 0) is 9.47 Å². The first-order valence-corrected chi connectivity index (χ1v) is 6.38. The molecule has 2 aliphatic heterocycles. The number of ether oxygens (including phenoxy) is 2. The third-order valence-corrected chi connectivity index (χ3v) is 3.35. The molecule has 0 aromatic rings. The second-order valence-electron chi connectivity index (χ2n) is 4.65. The zero-order valence-corrected chi connectivity index (χ0v) is 9.54. The Kier molecular flexibility index (Phi) is 4.90. The van der Waals surface area contributed by atoms with Crippen LogP contribution in [0.3, 0.4) is 0 Å². The van der Waals surface area contributed by atoms with E-state index in [1.165, 1.54) is 38.6 Å². The van der Waals surface area contributed by atoms with Crippen molar-refractivity contribution in [2.75, 3.05) is 26.4 Å². The Morgan fingerprint density at radius 3 is 2.93 bits per heavy atom. The zero-order valence-electron chi connectivity index (χ0n) is 9.54. The van der Waals surface area contributed by atoms with Crippen LogP contribution in [-0.4, -0.2) is 38.5 Å². The van der Waals surface area contributed by atoms with E-state index >= 15 is 0 Å². The number of nitrogens with one attached hydrogen (secondary N) is 1. The quantitative estimate of drug-likeness (QED) is 0.705. The summed E-state index contributed by atoms with van der Waals surface area (Å²) >= 11 is 0. The Hall–Kier alpha value is -0.120. The predicted molar refractivity (Wildman–Crippen MR) is 60.1 cm³/mol. The molecule has 0 aliphatic carbocycles. The average molecular weight is 213 g/mol. The molecule has 1 N–H and O–H groups in total. The molecule has 88 valence electrons. The molecule has 0 amide bonds. The van der Waals surface area contributed by atoms with Gasteiger partial charge in [0.15, 0.2) is 0 Å². The van der Waals surface area contributed by atoms with Gasteiger partial charge in [-0.05, 0) is 38.6 Å². The lowest BCUT2D eigenvalue weighted by molar-refractivity contribution is 0.0140. The summed E-state index contributed by atoms with van der Waals surface area (Å²) in [6.45, 7) is 3.80. The predicted octanol–water partition coefficient (Wildman–Crippen LogP) is 1.71. The van der Waals surface area contributed by atoms with E-state index in [-0.39, 0.29) is 0 Å². The molecule has 15 heavy (non-hydrogen) atoms. The first-order valence-electron chi connectivity index (χ1n) is 6.38. The molecule has 0 aromatic carbocycles. The topological polar surface area (TPSA) is 30.5 Å². The SMILES string of the molecule is C1CC[C@@H](CCOC[C@H]2CCCO2)NC1. The van der Waals surface area contributed by atoms with Crippen molar-refractivity contribution < 1.29 is 9.47 Å². The molecule has 2 saturated heterocycles. The first kappa shape index (κ1) is 11.4. The Bertz CT molecular complexity index is 163. The second-order valence-corrected chi connectivity index (χ2v) is 4.65. The van der Waals surface area contributed by atoms with Gasteiger partial charge in [-0.15, -0.1) is 0 Å². The van der Waals surface area contributed by atoms with E-state index in [0.29, 0.717) is 12.1 Å². The van der Waals surface area contributed by atoms with Gasteiger partial charge in [0.1, 0.15) is 0 Å². The lowest BCUT2D eigenvalue weighted by atomic mass is 10.0. The Morgan fingerprint density at radius 2 is 2.20 bits per heavy atom. The minimum absolute atomic E-state index is 0.379. The van der Waals surface area contributed by atoms with Gasteiger partial charge < -0.3 is 14.8 Å². The maximum atomic E-state index is 5.66. The smallest absolute Gasteiger partial charge is 0.0809 e. The molecule has 0 bridgehead atoms. The molecule has 0 saturated carbocycles. The van der Waals surface area contributed by atoms with Crippen molar-refractivity contribution in [2.45, 2.75) is 50.7 Å². The first-order chi connectivity index (χ1) is 7.45. The molecular weight excluding hydrogens is 190 g/mol. The molecule has 3 nitrogen and oxygen atoms in total. The molecule has 2 fully saturated rings. The van der Waals surface area contributed by atoms with E-state index < -0.39 is 0 Å². The van der Waals surface area contributed by atoms with Gasteiger partial charge in [-0.2, -0.15) is 0 Å². The largest absolute Gasteiger partial charge is 0.379 e. The molecular formula is C12H23NO2. The second kappa shape index (κ2) is 6.46. The van der Waals surface area contributed by atoms with E-state index in [1.54, 1.807) is 0 Å². The Balaban J connectivity index is 1.47. The van der Waals surface area contributed by atoms with Crippen molar-refractivity contribution in [1.82, 2.24) is 5.32 Å². The molecule has 3 heteroatoms. The molecule has 2 atom stereocenters. The third-order valence-electron chi connectivity index (χ3n) is 3.35. The van der Waals surface area contributed by atoms with E-state index in [1.807, 2.05) is 0 Å². The summed E-state index contributed by atoms with van der Waals surface area (Å²) in [5.74, 6) is 0. The molecule has 2 rings (SSSR count). The molecule has 0 unspecified atom stereocenters. The number of rotatable bonds is 5. The average Bonchev–Trinajstić information content (AvgIpc) is 2.79. The van der Waals surface area contributed by atoms with Crippen molar-refractivity contribution in [2.24, 2.45) is 0 Å². The monoisotopic (exact) mass is 213 g/mol. The van der Waals surface area contributed by atoms with Gasteiger partial charge in [0, 0.05) is 19.3 Å². The zero-order chi connectivity index (χ0) is 10.3. The molecule has 0 aromatic heterocycles. The van der Waals surface area contributed by atoms with Gasteiger partial charge >= 0.3 is 0 Å². The van der Waals surface area contributed by atoms with Crippen LogP contribution in [0.1, 0.15) is 38.5 Å². The van der Waals surface area contributed by atoms with Crippen LogP contribution >= 0.6 is 0 Å². The van der Waals surface area contributed by atoms with Crippen LogP contribution in [0.4, 0.5) is 0 Å². The lowest BCUT2D eigenvalue weighted by Crippen LogP contribution is -2.35. The van der Waals surface area contributed by atoms with Crippen molar-refractivity contribution in [1.29, 1.82) is 0 Å². The van der Waals surface area contributed by atoms with Crippen LogP contribution in [0, 0.1) is 0 Å². The van der Waals surface area contributed by atoms with Crippen LogP contribution in [0.15, 0.2) is 0 Å². The summed E-state index contributed by atoms with van der Waals surface area (Å²) in [5.41, 5.74) is 0. The molecule has 0 radical (unpaired) electrons. The molecule has 0 spiro atoms. The summed E-state index contributed by atoms with van der Waals surface area (Å²) in [7, 11) is 0. The van der Waals surface area contributed by atoms with Gasteiger partial charge in [-0.25, -0.2) is 0 Å². The standard InChI is InChI=1S/C12H23NO2/c1-2-7-13-11(4-1)6-9-14-10-12-5-3-8-15-12/h11-13H,1-10H2/t11-,12+/m0/s1. The highest BCUT2D eigenvalue weighted by atomic mass is 16.5. The maximum absolute atomic E-state index is 5.66. The summed E-state index contributed by atoms with van der Waals surface area (Å²) < 4.78 is 11.2. The summed E-state index contributed by atoms with van der Waals surface area (Å²) in [6.07, 6.45) is 7.97. The molecule has 2 aliphatic rings. The molecule has 2 heterocycles. The fourth-order valence-corrected chi connectivity index (χ4v) is 2.39. The van der Waals surface area contributed by atoms with Gasteiger partial charge in [0.2, 0.25) is 0 Å². The summed E-state index contributed by atoms with van der Waals surface area (Å²) in [4.78, 5) is 0. The third kappa shape index (κ3) is 4.09. The van der Waals surface area contributed by atoms with E-state index in [4.69, 9.17) is 9.47 Å². The highest BCUT2D eigenvalue weighted by Gasteiger charge is 2.16. The maximum Gasteiger partial charge on any atom is 0.0809 e. The van der Waals surface area contributed by atoms with Gasteiger partial charge in [0.05, 0.1) is 12.7 Å². The highest BCUT2D eigenvalue weighted by molar-refractivity contribution is 4.71. The van der Waals surface area contributed by atoms with Crippen LogP contribution < -0.4 is 5.32 Å². The van der Waals surface area contributed by atoms with Crippen molar-refractivity contribution >= 4 is 0 Å². The fraction of sp³-hybridized carbons (Fsp3) is 1.00. The van der Waals surface area contributed by atoms with Crippen molar-refractivity contribution in [3.63, 3.8) is 0 Å². The Labute approximate surface area is 92.5 Å². The minimum atomic E-state index is 0.379. The normalized spacial score (nSPS) is 32.0. The van der Waals surface area contributed by atoms with Crippen LogP contribution in [0.5, 0.6) is 0 Å². The van der Waals surface area contributed by atoms with Crippen molar-refractivity contribution in [3.8, 4) is 0 Å². The van der Waals surface area contributed by atoms with Crippen molar-refractivity contribution in [3.05, 3.63) is 0 Å². The Morgan fingerprint density at radius 1 is 1.20 bits per heavy atom. The van der Waals surface area contributed by atoms with Crippen LogP contribution in [0.2, 0.25) is 0 Å². The minimum Gasteiger partial charge on any atom is -0.379 e. The van der Waals surface area contributed by atoms with E-state index in [0.717, 1.165) is 26.2 Å². The fourth-order valence-electron chi connectivity index (χ4n) is 2.39. The van der Waals surface area contributed by atoms with E-state index in [9.17, 15) is 0 Å². The van der Waals surface area contributed by atoms with Gasteiger partial charge in [-0.1, -0.05) is 6.42 Å².